The first-order valence-corrected chi connectivity index (χ1v) is 8.71. The number of hydrogen-bond acceptors (Lipinski definition) is 3. The maximum atomic E-state index is 12.7. The van der Waals surface area contributed by atoms with E-state index in [2.05, 4.69) is 0 Å². The van der Waals surface area contributed by atoms with Crippen molar-refractivity contribution in [1.82, 2.24) is 4.31 Å². The monoisotopic (exact) mass is 295 g/mol. The summed E-state index contributed by atoms with van der Waals surface area (Å²) in [6.07, 6.45) is 2.59. The van der Waals surface area contributed by atoms with Crippen LogP contribution >= 0.6 is 0 Å². The molecule has 1 atom stereocenters. The lowest BCUT2D eigenvalue weighted by atomic mass is 10.1. The smallest absolute Gasteiger partial charge is 0.219 e. The molecule has 0 spiro atoms. The molecule has 0 unspecified atom stereocenters. The first-order chi connectivity index (χ1) is 9.57. The Kier molecular flexibility index (Phi) is 3.84. The minimum atomic E-state index is -3.24. The molecule has 2 aliphatic rings. The van der Waals surface area contributed by atoms with Crippen LogP contribution in [0.1, 0.15) is 30.4 Å². The second-order valence-corrected chi connectivity index (χ2v) is 7.96. The zero-order valence-corrected chi connectivity index (χ0v) is 12.6. The Morgan fingerprint density at radius 2 is 1.90 bits per heavy atom. The molecule has 1 aliphatic carbocycles. The number of sulfonamides is 1. The lowest BCUT2D eigenvalue weighted by molar-refractivity contribution is 0.197. The van der Waals surface area contributed by atoms with Crippen molar-refractivity contribution in [3.8, 4) is 0 Å². The van der Waals surface area contributed by atoms with Crippen LogP contribution in [0, 0.1) is 6.92 Å². The van der Waals surface area contributed by atoms with Gasteiger partial charge in [0.15, 0.2) is 0 Å². The van der Waals surface area contributed by atoms with Crippen LogP contribution in [-0.4, -0.2) is 37.2 Å². The molecule has 3 rings (SSSR count). The minimum Gasteiger partial charge on any atom is -0.380 e. The summed E-state index contributed by atoms with van der Waals surface area (Å²) in [5, 5.41) is -0.353. The summed E-state index contributed by atoms with van der Waals surface area (Å²) >= 11 is 0. The molecule has 0 amide bonds. The van der Waals surface area contributed by atoms with E-state index in [0.717, 1.165) is 18.4 Å². The molecule has 0 N–H and O–H groups in total. The Balaban J connectivity index is 1.80. The van der Waals surface area contributed by atoms with Crippen LogP contribution in [0.3, 0.4) is 0 Å². The van der Waals surface area contributed by atoms with Gasteiger partial charge in [-0.2, -0.15) is 4.31 Å². The van der Waals surface area contributed by atoms with E-state index in [4.69, 9.17) is 4.74 Å². The zero-order chi connectivity index (χ0) is 14.2. The second-order valence-electron chi connectivity index (χ2n) is 5.79. The average molecular weight is 295 g/mol. The van der Waals surface area contributed by atoms with Crippen LogP contribution < -0.4 is 0 Å². The summed E-state index contributed by atoms with van der Waals surface area (Å²) in [6, 6.07) is 8.30. The highest BCUT2D eigenvalue weighted by atomic mass is 32.2. The molecular weight excluding hydrogens is 274 g/mol. The van der Waals surface area contributed by atoms with E-state index >= 15 is 0 Å². The van der Waals surface area contributed by atoms with Gasteiger partial charge in [0.25, 0.3) is 0 Å². The Labute approximate surface area is 120 Å². The van der Waals surface area contributed by atoms with Gasteiger partial charge in [0, 0.05) is 19.2 Å². The van der Waals surface area contributed by atoms with Gasteiger partial charge in [0.2, 0.25) is 10.0 Å². The third-order valence-electron chi connectivity index (χ3n) is 4.05. The van der Waals surface area contributed by atoms with Crippen LogP contribution in [0.5, 0.6) is 0 Å². The topological polar surface area (TPSA) is 46.6 Å². The maximum absolute atomic E-state index is 12.7. The van der Waals surface area contributed by atoms with Crippen molar-refractivity contribution in [3.05, 3.63) is 35.4 Å². The molecule has 4 nitrogen and oxygen atoms in total. The quantitative estimate of drug-likeness (QED) is 0.835. The molecule has 110 valence electrons. The molecule has 1 aromatic rings. The summed E-state index contributed by atoms with van der Waals surface area (Å²) in [4.78, 5) is 0. The standard InChI is InChI=1S/C15H21NO3S/c1-12-2-4-13(5-3-12)10-16(14-6-7-14)20(17,18)15-8-9-19-11-15/h2-5,14-15H,6-11H2,1H3/t15-/m1/s1. The maximum Gasteiger partial charge on any atom is 0.219 e. The lowest BCUT2D eigenvalue weighted by Gasteiger charge is -2.25. The van der Waals surface area contributed by atoms with E-state index in [0.29, 0.717) is 26.2 Å². The first-order valence-electron chi connectivity index (χ1n) is 7.21. The van der Waals surface area contributed by atoms with Gasteiger partial charge < -0.3 is 4.74 Å². The van der Waals surface area contributed by atoms with E-state index in [1.807, 2.05) is 31.2 Å². The van der Waals surface area contributed by atoms with Crippen molar-refractivity contribution in [2.45, 2.75) is 44.0 Å². The Morgan fingerprint density at radius 3 is 2.45 bits per heavy atom. The van der Waals surface area contributed by atoms with E-state index < -0.39 is 10.0 Å². The molecule has 20 heavy (non-hydrogen) atoms. The van der Waals surface area contributed by atoms with Gasteiger partial charge in [-0.15, -0.1) is 0 Å². The van der Waals surface area contributed by atoms with Crippen molar-refractivity contribution in [2.75, 3.05) is 13.2 Å². The van der Waals surface area contributed by atoms with Crippen LogP contribution in [0.25, 0.3) is 0 Å². The fraction of sp³-hybridized carbons (Fsp3) is 0.600. The number of ether oxygens (including phenoxy) is 1. The van der Waals surface area contributed by atoms with Gasteiger partial charge in [0.05, 0.1) is 6.61 Å². The van der Waals surface area contributed by atoms with E-state index in [1.54, 1.807) is 4.31 Å². The number of benzene rings is 1. The summed E-state index contributed by atoms with van der Waals surface area (Å²) in [7, 11) is -3.24. The fourth-order valence-corrected chi connectivity index (χ4v) is 4.60. The number of rotatable bonds is 5. The molecule has 1 aromatic carbocycles. The highest BCUT2D eigenvalue weighted by Crippen LogP contribution is 2.33. The van der Waals surface area contributed by atoms with E-state index in [9.17, 15) is 8.42 Å². The van der Waals surface area contributed by atoms with Crippen LogP contribution in [-0.2, 0) is 21.3 Å². The van der Waals surface area contributed by atoms with Gasteiger partial charge in [-0.3, -0.25) is 0 Å². The summed E-state index contributed by atoms with van der Waals surface area (Å²) in [5.41, 5.74) is 2.25. The van der Waals surface area contributed by atoms with Crippen LogP contribution in [0.4, 0.5) is 0 Å². The largest absolute Gasteiger partial charge is 0.380 e. The Hall–Kier alpha value is -0.910. The average Bonchev–Trinajstić information content (AvgIpc) is 3.09. The summed E-state index contributed by atoms with van der Waals surface area (Å²) < 4.78 is 32.4. The van der Waals surface area contributed by atoms with Crippen molar-refractivity contribution < 1.29 is 13.2 Å². The Morgan fingerprint density at radius 1 is 1.20 bits per heavy atom. The molecule has 5 heteroatoms. The van der Waals surface area contributed by atoms with Crippen molar-refractivity contribution in [3.63, 3.8) is 0 Å². The van der Waals surface area contributed by atoms with Crippen LogP contribution in [0.15, 0.2) is 24.3 Å². The van der Waals surface area contributed by atoms with E-state index in [1.165, 1.54) is 5.56 Å². The SMILES string of the molecule is Cc1ccc(CN(C2CC2)S(=O)(=O)[C@@H]2CCOC2)cc1. The van der Waals surface area contributed by atoms with Gasteiger partial charge in [-0.05, 0) is 31.7 Å². The highest BCUT2D eigenvalue weighted by Gasteiger charge is 2.42. The van der Waals surface area contributed by atoms with Crippen molar-refractivity contribution in [1.29, 1.82) is 0 Å². The van der Waals surface area contributed by atoms with Crippen LogP contribution in [0.2, 0.25) is 0 Å². The predicted molar refractivity (Wildman–Crippen MR) is 77.9 cm³/mol. The molecular formula is C15H21NO3S. The van der Waals surface area contributed by atoms with E-state index in [-0.39, 0.29) is 11.3 Å². The molecule has 1 aliphatic heterocycles. The molecule has 0 bridgehead atoms. The zero-order valence-electron chi connectivity index (χ0n) is 11.8. The molecule has 2 fully saturated rings. The molecule has 0 aromatic heterocycles. The van der Waals surface area contributed by atoms with Gasteiger partial charge in [-0.1, -0.05) is 29.8 Å². The third kappa shape index (κ3) is 2.90. The second kappa shape index (κ2) is 5.47. The molecule has 1 heterocycles. The van der Waals surface area contributed by atoms with Gasteiger partial charge in [0.1, 0.15) is 5.25 Å². The summed E-state index contributed by atoms with van der Waals surface area (Å²) in [5.74, 6) is 0. The number of nitrogens with zero attached hydrogens (tertiary/aromatic N) is 1. The van der Waals surface area contributed by atoms with Gasteiger partial charge >= 0.3 is 0 Å². The van der Waals surface area contributed by atoms with Gasteiger partial charge in [-0.25, -0.2) is 8.42 Å². The third-order valence-corrected chi connectivity index (χ3v) is 6.34. The first kappa shape index (κ1) is 14.0. The molecule has 0 radical (unpaired) electrons. The lowest BCUT2D eigenvalue weighted by Crippen LogP contribution is -2.40. The molecule has 1 saturated heterocycles. The summed E-state index contributed by atoms with van der Waals surface area (Å²) in [6.45, 7) is 3.44. The number of hydrogen-bond donors (Lipinski definition) is 0. The fourth-order valence-electron chi connectivity index (χ4n) is 2.60. The predicted octanol–water partition coefficient (Wildman–Crippen LogP) is 2.08. The highest BCUT2D eigenvalue weighted by molar-refractivity contribution is 7.89. The Bertz CT molecular complexity index is 557. The minimum absolute atomic E-state index is 0.196. The van der Waals surface area contributed by atoms with Crippen molar-refractivity contribution >= 4 is 10.0 Å². The molecule has 1 saturated carbocycles. The number of aryl methyl sites for hydroxylation is 1. The normalized spacial score (nSPS) is 23.4. The van der Waals surface area contributed by atoms with Crippen molar-refractivity contribution in [2.24, 2.45) is 0 Å².